The molecule has 3 aromatic rings. The van der Waals surface area contributed by atoms with Gasteiger partial charge in [-0.3, -0.25) is 9.10 Å². The third-order valence-corrected chi connectivity index (χ3v) is 8.16. The van der Waals surface area contributed by atoms with Crippen LogP contribution in [0.2, 0.25) is 0 Å². The first kappa shape index (κ1) is 28.1. The van der Waals surface area contributed by atoms with Gasteiger partial charge in [0.15, 0.2) is 0 Å². The molecule has 3 rings (SSSR count). The van der Waals surface area contributed by atoms with Crippen LogP contribution < -0.4 is 9.73 Å². The van der Waals surface area contributed by atoms with Crippen LogP contribution in [-0.4, -0.2) is 26.6 Å². The van der Waals surface area contributed by atoms with E-state index in [2.05, 4.69) is 50.4 Å². The number of hydrogen-bond acceptors (Lipinski definition) is 4. The average Bonchev–Trinajstić information content (AvgIpc) is 2.86. The van der Waals surface area contributed by atoms with Gasteiger partial charge in [-0.2, -0.15) is 5.10 Å². The fourth-order valence-electron chi connectivity index (χ4n) is 4.17. The maximum Gasteiger partial charge on any atom is 0.264 e. The Balaban J connectivity index is 1.82. The summed E-state index contributed by atoms with van der Waals surface area (Å²) < 4.78 is 28.3. The second-order valence-electron chi connectivity index (χ2n) is 10.4. The predicted octanol–water partition coefficient (Wildman–Crippen LogP) is 6.17. The fourth-order valence-corrected chi connectivity index (χ4v) is 5.59. The van der Waals surface area contributed by atoms with Crippen molar-refractivity contribution in [1.29, 1.82) is 0 Å². The number of anilines is 1. The van der Waals surface area contributed by atoms with Crippen LogP contribution in [0.1, 0.15) is 63.6 Å². The highest BCUT2D eigenvalue weighted by atomic mass is 32.2. The van der Waals surface area contributed by atoms with Crippen LogP contribution in [0.3, 0.4) is 0 Å². The van der Waals surface area contributed by atoms with Crippen molar-refractivity contribution in [3.63, 3.8) is 0 Å². The number of nitrogens with zero attached hydrogens (tertiary/aromatic N) is 2. The number of rotatable bonds is 10. The van der Waals surface area contributed by atoms with E-state index in [0.29, 0.717) is 18.0 Å². The van der Waals surface area contributed by atoms with E-state index in [9.17, 15) is 13.2 Å². The summed E-state index contributed by atoms with van der Waals surface area (Å²) in [5, 5.41) is 4.28. The van der Waals surface area contributed by atoms with Crippen molar-refractivity contribution in [3.8, 4) is 0 Å². The van der Waals surface area contributed by atoms with E-state index in [1.165, 1.54) is 5.56 Å². The molecule has 6 nitrogen and oxygen atoms in total. The van der Waals surface area contributed by atoms with E-state index < -0.39 is 22.5 Å². The lowest BCUT2D eigenvalue weighted by molar-refractivity contribution is -0.119. The summed E-state index contributed by atoms with van der Waals surface area (Å²) in [6.07, 6.45) is 0.638. The average molecular weight is 520 g/mol. The Kier molecular flexibility index (Phi) is 8.92. The summed E-state index contributed by atoms with van der Waals surface area (Å²) in [5.74, 6) is -0.211. The first-order valence-corrected chi connectivity index (χ1v) is 13.9. The molecule has 0 unspecified atom stereocenters. The minimum Gasteiger partial charge on any atom is -0.271 e. The number of amides is 1. The molecule has 0 aliphatic carbocycles. The minimum absolute atomic E-state index is 0.128. The van der Waals surface area contributed by atoms with Crippen LogP contribution in [0.5, 0.6) is 0 Å². The van der Waals surface area contributed by atoms with E-state index >= 15 is 0 Å². The van der Waals surface area contributed by atoms with Gasteiger partial charge in [-0.05, 0) is 67.0 Å². The summed E-state index contributed by atoms with van der Waals surface area (Å²) in [6, 6.07) is 24.0. The van der Waals surface area contributed by atoms with E-state index in [-0.39, 0.29) is 10.3 Å². The molecule has 0 saturated heterocycles. The van der Waals surface area contributed by atoms with E-state index in [1.807, 2.05) is 44.2 Å². The largest absolute Gasteiger partial charge is 0.271 e. The van der Waals surface area contributed by atoms with E-state index in [4.69, 9.17) is 0 Å². The summed E-state index contributed by atoms with van der Waals surface area (Å²) in [5.41, 5.74) is 6.78. The highest BCUT2D eigenvalue weighted by Crippen LogP contribution is 2.28. The molecule has 196 valence electrons. The quantitative estimate of drug-likeness (QED) is 0.257. The van der Waals surface area contributed by atoms with Gasteiger partial charge in [0.1, 0.15) is 6.54 Å². The van der Waals surface area contributed by atoms with Crippen molar-refractivity contribution in [2.75, 3.05) is 10.8 Å². The number of carbonyl (C=O) groups excluding carboxylic acids is 1. The molecular weight excluding hydrogens is 482 g/mol. The Morgan fingerprint density at radius 3 is 2.11 bits per heavy atom. The molecule has 0 aromatic heterocycles. The molecule has 0 fully saturated rings. The summed E-state index contributed by atoms with van der Waals surface area (Å²) in [7, 11) is -3.98. The van der Waals surface area contributed by atoms with Crippen LogP contribution in [0.4, 0.5) is 5.69 Å². The lowest BCUT2D eigenvalue weighted by Crippen LogP contribution is -2.39. The summed E-state index contributed by atoms with van der Waals surface area (Å²) in [6.45, 7) is 11.8. The molecule has 7 heteroatoms. The monoisotopic (exact) mass is 519 g/mol. The number of aryl methyl sites for hydroxylation is 1. The van der Waals surface area contributed by atoms with Crippen molar-refractivity contribution >= 4 is 27.3 Å². The number of nitrogens with one attached hydrogen (secondary N) is 1. The lowest BCUT2D eigenvalue weighted by atomic mass is 9.80. The van der Waals surface area contributed by atoms with Crippen molar-refractivity contribution in [2.24, 2.45) is 5.10 Å². The molecule has 0 heterocycles. The molecule has 0 saturated carbocycles. The van der Waals surface area contributed by atoms with Gasteiger partial charge in [0.2, 0.25) is 0 Å². The number of hydrogen-bond donors (Lipinski definition) is 1. The van der Waals surface area contributed by atoms with Gasteiger partial charge in [-0.1, -0.05) is 87.9 Å². The summed E-state index contributed by atoms with van der Waals surface area (Å²) in [4.78, 5) is 13.1. The van der Waals surface area contributed by atoms with Crippen molar-refractivity contribution in [1.82, 2.24) is 5.43 Å². The number of sulfonamides is 1. The second-order valence-corrected chi connectivity index (χ2v) is 12.2. The Hall–Kier alpha value is -3.45. The lowest BCUT2D eigenvalue weighted by Gasteiger charge is -2.25. The molecule has 3 aromatic carbocycles. The Morgan fingerprint density at radius 2 is 1.54 bits per heavy atom. The predicted molar refractivity (Wildman–Crippen MR) is 152 cm³/mol. The van der Waals surface area contributed by atoms with E-state index in [0.717, 1.165) is 21.1 Å². The van der Waals surface area contributed by atoms with Gasteiger partial charge in [0.25, 0.3) is 15.9 Å². The van der Waals surface area contributed by atoms with Crippen LogP contribution in [0.15, 0.2) is 88.9 Å². The highest BCUT2D eigenvalue weighted by molar-refractivity contribution is 7.92. The third-order valence-electron chi connectivity index (χ3n) is 6.37. The Labute approximate surface area is 221 Å². The molecule has 37 heavy (non-hydrogen) atoms. The molecule has 0 aliphatic heterocycles. The number of benzene rings is 3. The van der Waals surface area contributed by atoms with Crippen LogP contribution >= 0.6 is 0 Å². The Morgan fingerprint density at radius 1 is 0.946 bits per heavy atom. The van der Waals surface area contributed by atoms with Gasteiger partial charge in [0.05, 0.1) is 10.6 Å². The fraction of sp³-hybridized carbons (Fsp3) is 0.333. The molecule has 0 atom stereocenters. The van der Waals surface area contributed by atoms with Gasteiger partial charge >= 0.3 is 0 Å². The van der Waals surface area contributed by atoms with E-state index in [1.54, 1.807) is 36.4 Å². The highest BCUT2D eigenvalue weighted by Gasteiger charge is 2.27. The van der Waals surface area contributed by atoms with Crippen molar-refractivity contribution in [3.05, 3.63) is 95.6 Å². The first-order valence-electron chi connectivity index (χ1n) is 12.5. The third kappa shape index (κ3) is 7.29. The first-order chi connectivity index (χ1) is 17.4. The van der Waals surface area contributed by atoms with Gasteiger partial charge in [-0.25, -0.2) is 13.8 Å². The van der Waals surface area contributed by atoms with Gasteiger partial charge in [0, 0.05) is 5.71 Å². The van der Waals surface area contributed by atoms with Crippen LogP contribution in [0.25, 0.3) is 0 Å². The zero-order valence-corrected chi connectivity index (χ0v) is 23.3. The van der Waals surface area contributed by atoms with Crippen molar-refractivity contribution < 1.29 is 13.2 Å². The Bertz CT molecular complexity index is 1330. The standard InChI is InChI=1S/C30H37N3O3S/c1-22(2)25-14-16-27(17-15-25)33(37(35,36)28-18-12-23(3)13-19-28)21-29(34)32-31-24(4)20-30(5,6)26-10-8-7-9-11-26/h7-19,22H,20-21H2,1-6H3,(H,32,34)/b31-24-. The molecule has 0 radical (unpaired) electrons. The van der Waals surface area contributed by atoms with Crippen LogP contribution in [0, 0.1) is 6.92 Å². The molecule has 0 bridgehead atoms. The molecule has 1 N–H and O–H groups in total. The molecule has 0 aliphatic rings. The zero-order chi connectivity index (χ0) is 27.2. The molecule has 1 amide bonds. The smallest absolute Gasteiger partial charge is 0.264 e. The second kappa shape index (κ2) is 11.7. The van der Waals surface area contributed by atoms with Gasteiger partial charge in [-0.15, -0.1) is 0 Å². The molecular formula is C30H37N3O3S. The zero-order valence-electron chi connectivity index (χ0n) is 22.5. The molecule has 0 spiro atoms. The van der Waals surface area contributed by atoms with Gasteiger partial charge < -0.3 is 0 Å². The SMILES string of the molecule is C/C(CC(C)(C)c1ccccc1)=N/NC(=O)CN(c1ccc(C(C)C)cc1)S(=O)(=O)c1ccc(C)cc1. The maximum absolute atomic E-state index is 13.6. The number of hydrazone groups is 1. The topological polar surface area (TPSA) is 78.8 Å². The summed E-state index contributed by atoms with van der Waals surface area (Å²) >= 11 is 0. The number of carbonyl (C=O) groups is 1. The van der Waals surface area contributed by atoms with Crippen LogP contribution in [-0.2, 0) is 20.2 Å². The minimum atomic E-state index is -3.98. The normalized spacial score (nSPS) is 12.5. The van der Waals surface area contributed by atoms with Crippen molar-refractivity contribution in [2.45, 2.75) is 64.2 Å². The maximum atomic E-state index is 13.6.